The van der Waals surface area contributed by atoms with Crippen LogP contribution in [0.4, 0.5) is 0 Å². The first-order chi connectivity index (χ1) is 9.15. The van der Waals surface area contributed by atoms with E-state index in [-0.39, 0.29) is 12.6 Å². The Morgan fingerprint density at radius 3 is 2.79 bits per heavy atom. The Bertz CT molecular complexity index is 573. The van der Waals surface area contributed by atoms with E-state index in [9.17, 15) is 4.79 Å². The van der Waals surface area contributed by atoms with Gasteiger partial charge in [-0.05, 0) is 12.5 Å². The number of imidazole rings is 1. The molecule has 1 aromatic heterocycles. The summed E-state index contributed by atoms with van der Waals surface area (Å²) in [6.07, 6.45) is 2.42. The lowest BCUT2D eigenvalue weighted by atomic mass is 10.1. The van der Waals surface area contributed by atoms with E-state index in [2.05, 4.69) is 16.5 Å². The topological polar surface area (TPSA) is 55.0 Å². The average Bonchev–Trinajstić information content (AvgIpc) is 2.84. The molecule has 19 heavy (non-hydrogen) atoms. The summed E-state index contributed by atoms with van der Waals surface area (Å²) in [6, 6.07) is 10.1. The molecule has 4 nitrogen and oxygen atoms in total. The van der Waals surface area contributed by atoms with E-state index in [1.54, 1.807) is 13.1 Å². The minimum atomic E-state index is -0.390. The van der Waals surface area contributed by atoms with Crippen LogP contribution in [0.3, 0.4) is 0 Å². The number of H-pyrrole nitrogens is 1. The van der Waals surface area contributed by atoms with Gasteiger partial charge in [-0.2, -0.15) is 0 Å². The van der Waals surface area contributed by atoms with Gasteiger partial charge in [-0.1, -0.05) is 36.9 Å². The Labute approximate surface area is 112 Å². The standard InChI is InChI=1S/C15H16N2O2/c1-11(2)15(18)19-10-13-9-16-14(17-13)8-12-6-4-3-5-7-12/h3-7,9H,1,8,10H2,2H3,(H,16,17). The molecule has 1 aromatic carbocycles. The Kier molecular flexibility index (Phi) is 4.13. The maximum absolute atomic E-state index is 11.3. The van der Waals surface area contributed by atoms with Gasteiger partial charge in [-0.15, -0.1) is 0 Å². The third kappa shape index (κ3) is 3.81. The van der Waals surface area contributed by atoms with Crippen molar-refractivity contribution in [2.75, 3.05) is 0 Å². The second-order valence-electron chi connectivity index (χ2n) is 4.37. The monoisotopic (exact) mass is 256 g/mol. The molecule has 0 saturated heterocycles. The van der Waals surface area contributed by atoms with Crippen molar-refractivity contribution in [1.82, 2.24) is 9.97 Å². The molecule has 0 unspecified atom stereocenters. The van der Waals surface area contributed by atoms with Gasteiger partial charge in [0.1, 0.15) is 12.4 Å². The maximum atomic E-state index is 11.3. The second kappa shape index (κ2) is 6.00. The number of nitrogens with zero attached hydrogens (tertiary/aromatic N) is 1. The van der Waals surface area contributed by atoms with E-state index in [0.717, 1.165) is 17.9 Å². The number of esters is 1. The van der Waals surface area contributed by atoms with Crippen LogP contribution in [0, 0.1) is 0 Å². The van der Waals surface area contributed by atoms with Gasteiger partial charge >= 0.3 is 5.97 Å². The zero-order chi connectivity index (χ0) is 13.7. The van der Waals surface area contributed by atoms with Crippen LogP contribution in [0.25, 0.3) is 0 Å². The van der Waals surface area contributed by atoms with Crippen molar-refractivity contribution in [3.63, 3.8) is 0 Å². The second-order valence-corrected chi connectivity index (χ2v) is 4.37. The number of carbonyl (C=O) groups excluding carboxylic acids is 1. The summed E-state index contributed by atoms with van der Waals surface area (Å²) in [6.45, 7) is 5.34. The van der Waals surface area contributed by atoms with Gasteiger partial charge in [0.15, 0.2) is 0 Å². The Balaban J connectivity index is 1.92. The summed E-state index contributed by atoms with van der Waals surface area (Å²) >= 11 is 0. The van der Waals surface area contributed by atoms with Crippen molar-refractivity contribution in [3.05, 3.63) is 65.8 Å². The predicted octanol–water partition coefficient (Wildman–Crippen LogP) is 2.62. The predicted molar refractivity (Wildman–Crippen MR) is 72.4 cm³/mol. The molecule has 0 bridgehead atoms. The van der Waals surface area contributed by atoms with Crippen molar-refractivity contribution in [3.8, 4) is 0 Å². The van der Waals surface area contributed by atoms with Crippen LogP contribution in [-0.4, -0.2) is 15.9 Å². The molecule has 0 spiro atoms. The summed E-state index contributed by atoms with van der Waals surface area (Å²) in [5, 5.41) is 0. The van der Waals surface area contributed by atoms with Crippen LogP contribution in [0.5, 0.6) is 0 Å². The first-order valence-electron chi connectivity index (χ1n) is 6.04. The zero-order valence-electron chi connectivity index (χ0n) is 10.8. The van der Waals surface area contributed by atoms with E-state index < -0.39 is 0 Å². The third-order valence-electron chi connectivity index (χ3n) is 2.60. The molecule has 0 radical (unpaired) electrons. The SMILES string of the molecule is C=C(C)C(=O)OCc1cnc(Cc2ccccc2)[nH]1. The fraction of sp³-hybridized carbons (Fsp3) is 0.200. The fourth-order valence-electron chi connectivity index (χ4n) is 1.62. The number of ether oxygens (including phenoxy) is 1. The van der Waals surface area contributed by atoms with Crippen molar-refractivity contribution in [2.45, 2.75) is 20.0 Å². The van der Waals surface area contributed by atoms with Gasteiger partial charge in [0.25, 0.3) is 0 Å². The molecule has 4 heteroatoms. The van der Waals surface area contributed by atoms with Gasteiger partial charge in [-0.25, -0.2) is 9.78 Å². The number of hydrogen-bond acceptors (Lipinski definition) is 3. The van der Waals surface area contributed by atoms with Crippen LogP contribution >= 0.6 is 0 Å². The van der Waals surface area contributed by atoms with Crippen LogP contribution in [0.15, 0.2) is 48.7 Å². The summed E-state index contributed by atoms with van der Waals surface area (Å²) in [7, 11) is 0. The third-order valence-corrected chi connectivity index (χ3v) is 2.60. The number of rotatable bonds is 5. The smallest absolute Gasteiger partial charge is 0.333 e. The van der Waals surface area contributed by atoms with Gasteiger partial charge in [-0.3, -0.25) is 0 Å². The van der Waals surface area contributed by atoms with Crippen molar-refractivity contribution >= 4 is 5.97 Å². The molecule has 0 atom stereocenters. The zero-order valence-corrected chi connectivity index (χ0v) is 10.8. The van der Waals surface area contributed by atoms with E-state index >= 15 is 0 Å². The van der Waals surface area contributed by atoms with Crippen molar-refractivity contribution < 1.29 is 9.53 Å². The van der Waals surface area contributed by atoms with Gasteiger partial charge in [0, 0.05) is 12.0 Å². The number of hydrogen-bond donors (Lipinski definition) is 1. The molecule has 0 aliphatic heterocycles. The summed E-state index contributed by atoms with van der Waals surface area (Å²) in [5.41, 5.74) is 2.35. The molecule has 0 fully saturated rings. The molecule has 1 N–H and O–H groups in total. The number of carbonyl (C=O) groups is 1. The lowest BCUT2D eigenvalue weighted by Gasteiger charge is -2.01. The molecule has 0 amide bonds. The van der Waals surface area contributed by atoms with Gasteiger partial charge in [0.05, 0.1) is 11.9 Å². The van der Waals surface area contributed by atoms with Crippen LogP contribution in [-0.2, 0) is 22.6 Å². The van der Waals surface area contributed by atoms with Crippen molar-refractivity contribution in [2.24, 2.45) is 0 Å². The lowest BCUT2D eigenvalue weighted by molar-refractivity contribution is -0.140. The highest BCUT2D eigenvalue weighted by Gasteiger charge is 2.06. The number of nitrogens with one attached hydrogen (secondary N) is 1. The van der Waals surface area contributed by atoms with E-state index in [4.69, 9.17) is 4.74 Å². The van der Waals surface area contributed by atoms with Gasteiger partial charge < -0.3 is 9.72 Å². The van der Waals surface area contributed by atoms with Gasteiger partial charge in [0.2, 0.25) is 0 Å². The Morgan fingerprint density at radius 1 is 1.37 bits per heavy atom. The molecule has 0 aliphatic rings. The van der Waals surface area contributed by atoms with E-state index in [1.165, 1.54) is 5.56 Å². The van der Waals surface area contributed by atoms with Crippen LogP contribution < -0.4 is 0 Å². The minimum absolute atomic E-state index is 0.188. The fourth-order valence-corrected chi connectivity index (χ4v) is 1.62. The number of benzene rings is 1. The average molecular weight is 256 g/mol. The molecule has 0 aliphatic carbocycles. The molecule has 0 saturated carbocycles. The normalized spacial score (nSPS) is 10.2. The summed E-state index contributed by atoms with van der Waals surface area (Å²) in [4.78, 5) is 18.7. The summed E-state index contributed by atoms with van der Waals surface area (Å²) < 4.78 is 5.04. The number of aromatic nitrogens is 2. The number of aromatic amines is 1. The quantitative estimate of drug-likeness (QED) is 0.661. The molecule has 2 rings (SSSR count). The minimum Gasteiger partial charge on any atom is -0.456 e. The molecule has 2 aromatic rings. The highest BCUT2D eigenvalue weighted by Crippen LogP contribution is 2.07. The molecule has 98 valence electrons. The highest BCUT2D eigenvalue weighted by atomic mass is 16.5. The lowest BCUT2D eigenvalue weighted by Crippen LogP contribution is -2.05. The Morgan fingerprint density at radius 2 is 2.11 bits per heavy atom. The van der Waals surface area contributed by atoms with Crippen LogP contribution in [0.2, 0.25) is 0 Å². The van der Waals surface area contributed by atoms with E-state index in [1.807, 2.05) is 30.3 Å². The molecular weight excluding hydrogens is 240 g/mol. The summed E-state index contributed by atoms with van der Waals surface area (Å²) in [5.74, 6) is 0.465. The van der Waals surface area contributed by atoms with Crippen molar-refractivity contribution in [1.29, 1.82) is 0 Å². The molecular formula is C15H16N2O2. The highest BCUT2D eigenvalue weighted by molar-refractivity contribution is 5.86. The first-order valence-corrected chi connectivity index (χ1v) is 6.04. The van der Waals surface area contributed by atoms with E-state index in [0.29, 0.717) is 5.57 Å². The maximum Gasteiger partial charge on any atom is 0.333 e. The Hall–Kier alpha value is -2.36. The van der Waals surface area contributed by atoms with Crippen LogP contribution in [0.1, 0.15) is 24.0 Å². The first kappa shape index (κ1) is 13.1. The largest absolute Gasteiger partial charge is 0.456 e. The molecule has 1 heterocycles.